The number of aryl methyl sites for hydroxylation is 1. The summed E-state index contributed by atoms with van der Waals surface area (Å²) in [5, 5.41) is 17.4. The van der Waals surface area contributed by atoms with Crippen LogP contribution in [0.25, 0.3) is 0 Å². The van der Waals surface area contributed by atoms with Gasteiger partial charge in [0.1, 0.15) is 0 Å². The molecular formula is C10H9FO4. The predicted octanol–water partition coefficient (Wildman–Crippen LogP) is 1.84. The van der Waals surface area contributed by atoms with Crippen molar-refractivity contribution < 1.29 is 24.2 Å². The zero-order chi connectivity index (χ0) is 11.7. The van der Waals surface area contributed by atoms with E-state index in [9.17, 15) is 14.0 Å². The molecule has 0 aliphatic heterocycles. The van der Waals surface area contributed by atoms with Crippen LogP contribution >= 0.6 is 0 Å². The number of carbonyl (C=O) groups is 2. The highest BCUT2D eigenvalue weighted by Gasteiger charge is 2.22. The Bertz CT molecular complexity index is 451. The summed E-state index contributed by atoms with van der Waals surface area (Å²) in [5.74, 6) is -4.13. The normalized spacial score (nSPS) is 10.1. The average Bonchev–Trinajstić information content (AvgIpc) is 2.10. The van der Waals surface area contributed by atoms with Crippen molar-refractivity contribution in [2.75, 3.05) is 0 Å². The van der Waals surface area contributed by atoms with Gasteiger partial charge in [-0.3, -0.25) is 0 Å². The fourth-order valence-corrected chi connectivity index (χ4v) is 1.29. The second-order valence-corrected chi connectivity index (χ2v) is 3.17. The number of hydrogen-bond acceptors (Lipinski definition) is 2. The standard InChI is InChI=1S/C10H9FO4/c1-4-3-6(9(12)13)8(11)7(5(4)2)10(14)15/h3H,1-2H3,(H,12,13)(H,14,15). The van der Waals surface area contributed by atoms with Gasteiger partial charge in [-0.2, -0.15) is 0 Å². The summed E-state index contributed by atoms with van der Waals surface area (Å²) in [5.41, 5.74) is -0.515. The molecule has 4 nitrogen and oxygen atoms in total. The molecule has 0 aliphatic carbocycles. The highest BCUT2D eigenvalue weighted by Crippen LogP contribution is 2.21. The third-order valence-electron chi connectivity index (χ3n) is 2.23. The summed E-state index contributed by atoms with van der Waals surface area (Å²) in [6.45, 7) is 2.97. The van der Waals surface area contributed by atoms with Crippen LogP contribution in [-0.2, 0) is 0 Å². The van der Waals surface area contributed by atoms with E-state index in [1.807, 2.05) is 0 Å². The van der Waals surface area contributed by atoms with E-state index in [4.69, 9.17) is 10.2 Å². The van der Waals surface area contributed by atoms with E-state index in [1.54, 1.807) is 0 Å². The lowest BCUT2D eigenvalue weighted by atomic mass is 9.98. The number of aromatic carboxylic acids is 2. The highest BCUT2D eigenvalue weighted by atomic mass is 19.1. The van der Waals surface area contributed by atoms with Crippen LogP contribution < -0.4 is 0 Å². The molecule has 1 rings (SSSR count). The molecule has 5 heteroatoms. The van der Waals surface area contributed by atoms with Gasteiger partial charge in [-0.05, 0) is 31.0 Å². The molecular weight excluding hydrogens is 203 g/mol. The van der Waals surface area contributed by atoms with Crippen molar-refractivity contribution in [3.05, 3.63) is 34.1 Å². The van der Waals surface area contributed by atoms with E-state index < -0.39 is 28.9 Å². The highest BCUT2D eigenvalue weighted by molar-refractivity contribution is 5.95. The third-order valence-corrected chi connectivity index (χ3v) is 2.23. The first-order valence-electron chi connectivity index (χ1n) is 4.12. The van der Waals surface area contributed by atoms with Gasteiger partial charge in [-0.15, -0.1) is 0 Å². The number of benzene rings is 1. The van der Waals surface area contributed by atoms with E-state index >= 15 is 0 Å². The number of carboxylic acid groups (broad SMARTS) is 2. The zero-order valence-corrected chi connectivity index (χ0v) is 8.17. The second-order valence-electron chi connectivity index (χ2n) is 3.17. The molecule has 80 valence electrons. The Morgan fingerprint density at radius 1 is 1.20 bits per heavy atom. The summed E-state index contributed by atoms with van der Waals surface area (Å²) in [4.78, 5) is 21.4. The third kappa shape index (κ3) is 1.81. The van der Waals surface area contributed by atoms with Gasteiger partial charge in [0.25, 0.3) is 0 Å². The van der Waals surface area contributed by atoms with E-state index in [2.05, 4.69) is 0 Å². The summed E-state index contributed by atoms with van der Waals surface area (Å²) < 4.78 is 13.5. The van der Waals surface area contributed by atoms with Crippen molar-refractivity contribution in [3.8, 4) is 0 Å². The molecule has 0 spiro atoms. The van der Waals surface area contributed by atoms with Crippen molar-refractivity contribution in [1.29, 1.82) is 0 Å². The molecule has 0 saturated heterocycles. The van der Waals surface area contributed by atoms with E-state index in [0.29, 0.717) is 5.56 Å². The topological polar surface area (TPSA) is 74.6 Å². The summed E-state index contributed by atoms with van der Waals surface area (Å²) in [6.07, 6.45) is 0. The van der Waals surface area contributed by atoms with Crippen LogP contribution in [0, 0.1) is 19.7 Å². The fraction of sp³-hybridized carbons (Fsp3) is 0.200. The number of halogens is 1. The molecule has 2 N–H and O–H groups in total. The molecule has 15 heavy (non-hydrogen) atoms. The van der Waals surface area contributed by atoms with Crippen LogP contribution in [0.15, 0.2) is 6.07 Å². The molecule has 0 amide bonds. The first kappa shape index (κ1) is 11.2. The molecule has 0 fully saturated rings. The molecule has 0 heterocycles. The minimum atomic E-state index is -1.47. The maximum Gasteiger partial charge on any atom is 0.338 e. The lowest BCUT2D eigenvalue weighted by Crippen LogP contribution is -2.11. The maximum atomic E-state index is 13.5. The average molecular weight is 212 g/mol. The molecule has 1 aromatic rings. The SMILES string of the molecule is Cc1cc(C(=O)O)c(F)c(C(=O)O)c1C. The minimum absolute atomic E-state index is 0.241. The largest absolute Gasteiger partial charge is 0.478 e. The number of carboxylic acids is 2. The number of hydrogen-bond donors (Lipinski definition) is 2. The van der Waals surface area contributed by atoms with Crippen LogP contribution in [0.5, 0.6) is 0 Å². The summed E-state index contributed by atoms with van der Waals surface area (Å²) in [7, 11) is 0. The van der Waals surface area contributed by atoms with Crippen molar-refractivity contribution in [1.82, 2.24) is 0 Å². The predicted molar refractivity (Wildman–Crippen MR) is 49.8 cm³/mol. The zero-order valence-electron chi connectivity index (χ0n) is 8.17. The second kappa shape index (κ2) is 3.68. The van der Waals surface area contributed by atoms with Crippen LogP contribution in [0.3, 0.4) is 0 Å². The Kier molecular flexibility index (Phi) is 2.74. The van der Waals surface area contributed by atoms with Gasteiger partial charge in [0.15, 0.2) is 5.82 Å². The van der Waals surface area contributed by atoms with Gasteiger partial charge in [0.05, 0.1) is 11.1 Å². The van der Waals surface area contributed by atoms with Gasteiger partial charge in [-0.25, -0.2) is 14.0 Å². The maximum absolute atomic E-state index is 13.5. The van der Waals surface area contributed by atoms with Gasteiger partial charge < -0.3 is 10.2 Å². The van der Waals surface area contributed by atoms with Crippen molar-refractivity contribution >= 4 is 11.9 Å². The van der Waals surface area contributed by atoms with Gasteiger partial charge in [-0.1, -0.05) is 0 Å². The number of rotatable bonds is 2. The van der Waals surface area contributed by atoms with Gasteiger partial charge in [0, 0.05) is 0 Å². The summed E-state index contributed by atoms with van der Waals surface area (Å²) in [6, 6.07) is 1.12. The first-order chi connectivity index (χ1) is 6.86. The molecule has 0 unspecified atom stereocenters. The first-order valence-corrected chi connectivity index (χ1v) is 4.12. The van der Waals surface area contributed by atoms with Crippen LogP contribution in [0.2, 0.25) is 0 Å². The molecule has 0 aliphatic rings. The molecule has 0 aromatic heterocycles. The molecule has 1 aromatic carbocycles. The smallest absolute Gasteiger partial charge is 0.338 e. The van der Waals surface area contributed by atoms with Crippen molar-refractivity contribution in [3.63, 3.8) is 0 Å². The van der Waals surface area contributed by atoms with E-state index in [1.165, 1.54) is 13.8 Å². The van der Waals surface area contributed by atoms with Gasteiger partial charge >= 0.3 is 11.9 Å². The lowest BCUT2D eigenvalue weighted by Gasteiger charge is -2.08. The Morgan fingerprint density at radius 2 is 1.73 bits per heavy atom. The molecule has 0 radical (unpaired) electrons. The van der Waals surface area contributed by atoms with E-state index in [-0.39, 0.29) is 5.56 Å². The summed E-state index contributed by atoms with van der Waals surface area (Å²) >= 11 is 0. The fourth-order valence-electron chi connectivity index (χ4n) is 1.29. The molecule has 0 saturated carbocycles. The van der Waals surface area contributed by atoms with Crippen LogP contribution in [0.4, 0.5) is 4.39 Å². The van der Waals surface area contributed by atoms with Crippen LogP contribution in [-0.4, -0.2) is 22.2 Å². The Balaban J connectivity index is 3.63. The Labute approximate surface area is 85.0 Å². The van der Waals surface area contributed by atoms with E-state index in [0.717, 1.165) is 6.07 Å². The lowest BCUT2D eigenvalue weighted by molar-refractivity contribution is 0.0687. The molecule has 0 atom stereocenters. The Hall–Kier alpha value is -1.91. The molecule has 0 bridgehead atoms. The minimum Gasteiger partial charge on any atom is -0.478 e. The monoisotopic (exact) mass is 212 g/mol. The quantitative estimate of drug-likeness (QED) is 0.784. The van der Waals surface area contributed by atoms with Crippen LogP contribution in [0.1, 0.15) is 31.8 Å². The van der Waals surface area contributed by atoms with Crippen molar-refractivity contribution in [2.45, 2.75) is 13.8 Å². The van der Waals surface area contributed by atoms with Gasteiger partial charge in [0.2, 0.25) is 0 Å². The van der Waals surface area contributed by atoms with Crippen molar-refractivity contribution in [2.24, 2.45) is 0 Å². The Morgan fingerprint density at radius 3 is 2.13 bits per heavy atom.